The van der Waals surface area contributed by atoms with Gasteiger partial charge in [-0.15, -0.1) is 0 Å². The Labute approximate surface area is 128 Å². The van der Waals surface area contributed by atoms with Crippen LogP contribution >= 0.6 is 0 Å². The van der Waals surface area contributed by atoms with E-state index in [4.69, 9.17) is 9.47 Å². The molecule has 1 aromatic carbocycles. The van der Waals surface area contributed by atoms with Crippen molar-refractivity contribution in [2.24, 2.45) is 5.92 Å². The molecule has 0 spiro atoms. The Morgan fingerprint density at radius 2 is 2.14 bits per heavy atom. The lowest BCUT2D eigenvalue weighted by Crippen LogP contribution is -2.32. The monoisotopic (exact) mass is 289 g/mol. The zero-order chi connectivity index (χ0) is 14.7. The Kier molecular flexibility index (Phi) is 4.81. The first-order valence-corrected chi connectivity index (χ1v) is 8.34. The summed E-state index contributed by atoms with van der Waals surface area (Å²) in [5.74, 6) is 1.53. The Hall–Kier alpha value is -1.06. The molecule has 1 aromatic rings. The minimum Gasteiger partial charge on any atom is -0.491 e. The van der Waals surface area contributed by atoms with Crippen LogP contribution in [0, 0.1) is 5.92 Å². The molecule has 1 aliphatic carbocycles. The first kappa shape index (κ1) is 14.9. The van der Waals surface area contributed by atoms with E-state index in [1.807, 2.05) is 6.07 Å². The number of benzene rings is 1. The van der Waals surface area contributed by atoms with E-state index in [0.717, 1.165) is 24.9 Å². The van der Waals surface area contributed by atoms with Gasteiger partial charge in [0.1, 0.15) is 5.75 Å². The summed E-state index contributed by atoms with van der Waals surface area (Å²) in [5, 5.41) is 3.66. The third-order valence-corrected chi connectivity index (χ3v) is 4.25. The van der Waals surface area contributed by atoms with Crippen LogP contribution in [0.5, 0.6) is 5.75 Å². The van der Waals surface area contributed by atoms with Gasteiger partial charge in [0.25, 0.3) is 0 Å². The van der Waals surface area contributed by atoms with E-state index in [2.05, 4.69) is 37.4 Å². The number of rotatable bonds is 6. The molecule has 2 fully saturated rings. The van der Waals surface area contributed by atoms with Gasteiger partial charge in [-0.3, -0.25) is 0 Å². The Bertz CT molecular complexity index is 456. The van der Waals surface area contributed by atoms with E-state index >= 15 is 0 Å². The van der Waals surface area contributed by atoms with Crippen LogP contribution in [0.1, 0.15) is 51.2 Å². The van der Waals surface area contributed by atoms with E-state index in [0.29, 0.717) is 5.92 Å². The molecule has 1 N–H and O–H groups in total. The molecule has 116 valence electrons. The summed E-state index contributed by atoms with van der Waals surface area (Å²) in [4.78, 5) is 0. The molecule has 1 saturated carbocycles. The number of nitrogens with one attached hydrogen (secondary N) is 1. The fourth-order valence-electron chi connectivity index (χ4n) is 3.06. The normalized spacial score (nSPS) is 26.0. The number of ether oxygens (including phenoxy) is 2. The second kappa shape index (κ2) is 6.80. The van der Waals surface area contributed by atoms with Crippen LogP contribution in [0.4, 0.5) is 0 Å². The quantitative estimate of drug-likeness (QED) is 0.866. The van der Waals surface area contributed by atoms with Crippen LogP contribution in [-0.2, 0) is 4.74 Å². The predicted molar refractivity (Wildman–Crippen MR) is 84.6 cm³/mol. The average Bonchev–Trinajstić information content (AvgIpc) is 3.29. The highest BCUT2D eigenvalue weighted by molar-refractivity contribution is 5.30. The van der Waals surface area contributed by atoms with Gasteiger partial charge in [-0.05, 0) is 57.2 Å². The number of hydrogen-bond donors (Lipinski definition) is 1. The minimum atomic E-state index is 0.208. The molecule has 1 heterocycles. The van der Waals surface area contributed by atoms with Crippen molar-refractivity contribution in [3.63, 3.8) is 0 Å². The molecular weight excluding hydrogens is 262 g/mol. The first-order chi connectivity index (χ1) is 10.2. The molecule has 3 heteroatoms. The van der Waals surface area contributed by atoms with Gasteiger partial charge in [-0.25, -0.2) is 0 Å². The van der Waals surface area contributed by atoms with E-state index < -0.39 is 0 Å². The summed E-state index contributed by atoms with van der Waals surface area (Å²) in [5.41, 5.74) is 1.26. The highest BCUT2D eigenvalue weighted by atomic mass is 16.5. The third kappa shape index (κ3) is 4.21. The summed E-state index contributed by atoms with van der Waals surface area (Å²) < 4.78 is 11.9. The van der Waals surface area contributed by atoms with Gasteiger partial charge in [-0.2, -0.15) is 0 Å². The largest absolute Gasteiger partial charge is 0.491 e. The summed E-state index contributed by atoms with van der Waals surface area (Å²) in [7, 11) is 0. The summed E-state index contributed by atoms with van der Waals surface area (Å²) in [6, 6.07) is 9.20. The van der Waals surface area contributed by atoms with Crippen molar-refractivity contribution < 1.29 is 9.47 Å². The van der Waals surface area contributed by atoms with Gasteiger partial charge < -0.3 is 14.8 Å². The van der Waals surface area contributed by atoms with Crippen molar-refractivity contribution in [2.75, 3.05) is 13.2 Å². The number of hydrogen-bond acceptors (Lipinski definition) is 3. The van der Waals surface area contributed by atoms with Gasteiger partial charge >= 0.3 is 0 Å². The van der Waals surface area contributed by atoms with Gasteiger partial charge in [0.2, 0.25) is 0 Å². The van der Waals surface area contributed by atoms with Gasteiger partial charge in [-0.1, -0.05) is 12.1 Å². The van der Waals surface area contributed by atoms with E-state index in [1.54, 1.807) is 0 Å². The molecule has 0 amide bonds. The molecule has 1 aliphatic heterocycles. The maximum Gasteiger partial charge on any atom is 0.120 e. The molecule has 2 unspecified atom stereocenters. The van der Waals surface area contributed by atoms with Gasteiger partial charge in [0, 0.05) is 25.1 Å². The molecule has 3 nitrogen and oxygen atoms in total. The Morgan fingerprint density at radius 1 is 1.29 bits per heavy atom. The van der Waals surface area contributed by atoms with Crippen molar-refractivity contribution in [3.05, 3.63) is 29.8 Å². The van der Waals surface area contributed by atoms with Crippen molar-refractivity contribution in [3.8, 4) is 5.75 Å². The zero-order valence-electron chi connectivity index (χ0n) is 13.2. The van der Waals surface area contributed by atoms with Crippen LogP contribution in [0.2, 0.25) is 0 Å². The maximum atomic E-state index is 6.09. The topological polar surface area (TPSA) is 30.5 Å². The molecule has 3 rings (SSSR count). The molecule has 0 aromatic heterocycles. The summed E-state index contributed by atoms with van der Waals surface area (Å²) in [6.45, 7) is 6.07. The molecule has 21 heavy (non-hydrogen) atoms. The molecular formula is C18H27NO2. The molecule has 0 bridgehead atoms. The summed E-state index contributed by atoms with van der Waals surface area (Å²) >= 11 is 0. The second-order valence-electron chi connectivity index (χ2n) is 6.62. The summed E-state index contributed by atoms with van der Waals surface area (Å²) in [6.07, 6.45) is 5.53. The predicted octanol–water partition coefficient (Wildman–Crippen LogP) is 3.69. The van der Waals surface area contributed by atoms with Crippen molar-refractivity contribution in [2.45, 2.75) is 57.8 Å². The van der Waals surface area contributed by atoms with Crippen LogP contribution in [0.15, 0.2) is 24.3 Å². The smallest absolute Gasteiger partial charge is 0.120 e. The Morgan fingerprint density at radius 3 is 2.90 bits per heavy atom. The standard InChI is InChI=1S/C18H27NO2/c1-13(2)21-17-7-3-5-14(11-17)18-15(6-4-10-20-18)12-19-16-8-9-16/h3,5,7,11,13,15-16,18-19H,4,6,8-10,12H2,1-2H3. The zero-order valence-corrected chi connectivity index (χ0v) is 13.2. The lowest BCUT2D eigenvalue weighted by Gasteiger charge is -2.32. The van der Waals surface area contributed by atoms with Crippen LogP contribution in [0.3, 0.4) is 0 Å². The molecule has 2 aliphatic rings. The van der Waals surface area contributed by atoms with E-state index in [1.165, 1.54) is 31.2 Å². The average molecular weight is 289 g/mol. The fraction of sp³-hybridized carbons (Fsp3) is 0.667. The highest BCUT2D eigenvalue weighted by Gasteiger charge is 2.30. The molecule has 0 radical (unpaired) electrons. The highest BCUT2D eigenvalue weighted by Crippen LogP contribution is 2.35. The van der Waals surface area contributed by atoms with Gasteiger partial charge in [0.15, 0.2) is 0 Å². The fourth-order valence-corrected chi connectivity index (χ4v) is 3.06. The van der Waals surface area contributed by atoms with E-state index in [-0.39, 0.29) is 12.2 Å². The van der Waals surface area contributed by atoms with Crippen LogP contribution in [0.25, 0.3) is 0 Å². The van der Waals surface area contributed by atoms with E-state index in [9.17, 15) is 0 Å². The molecule has 2 atom stereocenters. The van der Waals surface area contributed by atoms with Crippen molar-refractivity contribution in [1.82, 2.24) is 5.32 Å². The van der Waals surface area contributed by atoms with Gasteiger partial charge in [0.05, 0.1) is 12.2 Å². The lowest BCUT2D eigenvalue weighted by molar-refractivity contribution is -0.0280. The first-order valence-electron chi connectivity index (χ1n) is 8.34. The third-order valence-electron chi connectivity index (χ3n) is 4.25. The maximum absolute atomic E-state index is 6.09. The minimum absolute atomic E-state index is 0.208. The van der Waals surface area contributed by atoms with Crippen LogP contribution < -0.4 is 10.1 Å². The van der Waals surface area contributed by atoms with Crippen LogP contribution in [-0.4, -0.2) is 25.3 Å². The van der Waals surface area contributed by atoms with Crippen molar-refractivity contribution >= 4 is 0 Å². The van der Waals surface area contributed by atoms with Crippen molar-refractivity contribution in [1.29, 1.82) is 0 Å². The second-order valence-corrected chi connectivity index (χ2v) is 6.62. The lowest BCUT2D eigenvalue weighted by atomic mass is 9.89. The SMILES string of the molecule is CC(C)Oc1cccc(C2OCCCC2CNC2CC2)c1. The molecule has 1 saturated heterocycles. The Balaban J connectivity index is 1.69.